The van der Waals surface area contributed by atoms with E-state index in [1.807, 2.05) is 18.2 Å². The van der Waals surface area contributed by atoms with Gasteiger partial charge < -0.3 is 9.84 Å². The summed E-state index contributed by atoms with van der Waals surface area (Å²) >= 11 is 6.08. The molecule has 0 spiro atoms. The molecule has 3 aromatic carbocycles. The van der Waals surface area contributed by atoms with Crippen LogP contribution in [-0.2, 0) is 6.42 Å². The van der Waals surface area contributed by atoms with Gasteiger partial charge in [-0.25, -0.2) is 13.6 Å². The van der Waals surface area contributed by atoms with Crippen molar-refractivity contribution < 1.29 is 23.8 Å². The lowest BCUT2D eigenvalue weighted by molar-refractivity contribution is 0.0692. The number of rotatable bonds is 4. The molecule has 1 aliphatic heterocycles. The van der Waals surface area contributed by atoms with Gasteiger partial charge in [0.05, 0.1) is 23.4 Å². The minimum atomic E-state index is -1.27. The second-order valence-corrected chi connectivity index (χ2v) is 6.86. The molecule has 1 aliphatic rings. The molecule has 0 fully saturated rings. The standard InChI is InChI=1S/C22H15ClFNO4/c23-25(21(26)16-3-1-2-4-17(16)22(27)28)19-7-5-14(12-18(19)24)13-6-8-20-15(11-13)9-10-29-20/h1-8,11-12H,9-10H2,(H,27,28). The molecule has 5 nitrogen and oxygen atoms in total. The molecule has 1 amide bonds. The first-order valence-corrected chi connectivity index (χ1v) is 9.17. The Labute approximate surface area is 171 Å². The smallest absolute Gasteiger partial charge is 0.336 e. The van der Waals surface area contributed by atoms with E-state index in [0.29, 0.717) is 16.6 Å². The summed E-state index contributed by atoms with van der Waals surface area (Å²) in [6.45, 7) is 0.632. The average Bonchev–Trinajstić information content (AvgIpc) is 3.20. The Morgan fingerprint density at radius 2 is 1.69 bits per heavy atom. The molecule has 0 aliphatic carbocycles. The number of benzene rings is 3. The zero-order valence-electron chi connectivity index (χ0n) is 15.1. The van der Waals surface area contributed by atoms with Crippen LogP contribution in [0.25, 0.3) is 11.1 Å². The van der Waals surface area contributed by atoms with Crippen LogP contribution in [0.3, 0.4) is 0 Å². The molecule has 0 unspecified atom stereocenters. The largest absolute Gasteiger partial charge is 0.493 e. The van der Waals surface area contributed by atoms with E-state index in [-0.39, 0.29) is 16.8 Å². The Balaban J connectivity index is 1.64. The normalized spacial score (nSPS) is 12.2. The fraction of sp³-hybridized carbons (Fsp3) is 0.0909. The fourth-order valence-electron chi connectivity index (χ4n) is 3.28. The zero-order valence-corrected chi connectivity index (χ0v) is 15.8. The first-order chi connectivity index (χ1) is 14.0. The molecular formula is C22H15ClFNO4. The molecule has 1 N–H and O–H groups in total. The SMILES string of the molecule is O=C(O)c1ccccc1C(=O)N(Cl)c1ccc(-c2ccc3c(c2)CCO3)cc1F. The number of halogens is 2. The van der Waals surface area contributed by atoms with Gasteiger partial charge in [0.15, 0.2) is 0 Å². The summed E-state index contributed by atoms with van der Waals surface area (Å²) in [4.78, 5) is 24.0. The highest BCUT2D eigenvalue weighted by molar-refractivity contribution is 6.39. The summed E-state index contributed by atoms with van der Waals surface area (Å²) in [5, 5.41) is 9.25. The quantitative estimate of drug-likeness (QED) is 0.618. The number of carboxylic acids is 1. The Hall–Kier alpha value is -3.38. The number of hydrogen-bond acceptors (Lipinski definition) is 3. The number of carbonyl (C=O) groups is 2. The maximum absolute atomic E-state index is 14.8. The van der Waals surface area contributed by atoms with E-state index < -0.39 is 17.7 Å². The van der Waals surface area contributed by atoms with Gasteiger partial charge in [0.2, 0.25) is 0 Å². The number of carbonyl (C=O) groups excluding carboxylic acids is 1. The summed E-state index contributed by atoms with van der Waals surface area (Å²) in [6, 6.07) is 15.6. The van der Waals surface area contributed by atoms with Gasteiger partial charge in [-0.2, -0.15) is 0 Å². The predicted octanol–water partition coefficient (Wildman–Crippen LogP) is 4.93. The first kappa shape index (κ1) is 19.0. The Kier molecular flexibility index (Phi) is 4.94. The van der Waals surface area contributed by atoms with E-state index in [0.717, 1.165) is 23.3 Å². The highest BCUT2D eigenvalue weighted by Crippen LogP contribution is 2.33. The minimum Gasteiger partial charge on any atom is -0.493 e. The maximum atomic E-state index is 14.8. The molecule has 0 radical (unpaired) electrons. The monoisotopic (exact) mass is 411 g/mol. The summed E-state index contributed by atoms with van der Waals surface area (Å²) in [6.07, 6.45) is 0.802. The number of fused-ring (bicyclic) bond motifs is 1. The molecule has 7 heteroatoms. The van der Waals surface area contributed by atoms with Crippen molar-refractivity contribution in [1.82, 2.24) is 0 Å². The van der Waals surface area contributed by atoms with Crippen molar-refractivity contribution in [2.24, 2.45) is 0 Å². The van der Waals surface area contributed by atoms with Crippen LogP contribution in [0.4, 0.5) is 10.1 Å². The lowest BCUT2D eigenvalue weighted by Gasteiger charge is -2.17. The fourth-order valence-corrected chi connectivity index (χ4v) is 3.51. The van der Waals surface area contributed by atoms with Crippen molar-refractivity contribution in [1.29, 1.82) is 0 Å². The highest BCUT2D eigenvalue weighted by Gasteiger charge is 2.24. The highest BCUT2D eigenvalue weighted by atomic mass is 35.5. The third kappa shape index (κ3) is 3.54. The van der Waals surface area contributed by atoms with Crippen molar-refractivity contribution in [3.8, 4) is 16.9 Å². The number of carboxylic acid groups (broad SMARTS) is 1. The number of anilines is 1. The van der Waals surface area contributed by atoms with Gasteiger partial charge in [-0.05, 0) is 53.1 Å². The molecule has 0 atom stereocenters. The van der Waals surface area contributed by atoms with Crippen molar-refractivity contribution >= 4 is 29.3 Å². The van der Waals surface area contributed by atoms with E-state index in [9.17, 15) is 19.1 Å². The van der Waals surface area contributed by atoms with E-state index in [1.54, 1.807) is 6.07 Å². The van der Waals surface area contributed by atoms with E-state index in [2.05, 4.69) is 0 Å². The summed E-state index contributed by atoms with van der Waals surface area (Å²) in [7, 11) is 0. The van der Waals surface area contributed by atoms with Crippen molar-refractivity contribution in [2.45, 2.75) is 6.42 Å². The third-order valence-electron chi connectivity index (χ3n) is 4.75. The van der Waals surface area contributed by atoms with E-state index >= 15 is 0 Å². The topological polar surface area (TPSA) is 66.8 Å². The second kappa shape index (κ2) is 7.56. The van der Waals surface area contributed by atoms with E-state index in [1.165, 1.54) is 36.4 Å². The number of ether oxygens (including phenoxy) is 1. The van der Waals surface area contributed by atoms with Crippen LogP contribution in [-0.4, -0.2) is 23.6 Å². The van der Waals surface area contributed by atoms with Crippen molar-refractivity contribution in [3.05, 3.63) is 83.2 Å². The van der Waals surface area contributed by atoms with Crippen LogP contribution in [0.5, 0.6) is 5.75 Å². The Morgan fingerprint density at radius 1 is 1.00 bits per heavy atom. The molecule has 1 heterocycles. The Morgan fingerprint density at radius 3 is 2.41 bits per heavy atom. The Bertz CT molecular complexity index is 1130. The molecule has 4 rings (SSSR count). The molecule has 29 heavy (non-hydrogen) atoms. The number of aromatic carboxylic acids is 1. The van der Waals surface area contributed by atoms with Crippen LogP contribution in [0.2, 0.25) is 0 Å². The van der Waals surface area contributed by atoms with Gasteiger partial charge in [0.25, 0.3) is 5.91 Å². The summed E-state index contributed by atoms with van der Waals surface area (Å²) in [5.74, 6) is -1.96. The second-order valence-electron chi connectivity index (χ2n) is 6.52. The van der Waals surface area contributed by atoms with Crippen LogP contribution in [0.1, 0.15) is 26.3 Å². The van der Waals surface area contributed by atoms with Gasteiger partial charge in [-0.1, -0.05) is 24.3 Å². The maximum Gasteiger partial charge on any atom is 0.336 e. The third-order valence-corrected chi connectivity index (χ3v) is 5.08. The molecule has 3 aromatic rings. The van der Waals surface area contributed by atoms with Crippen LogP contribution < -0.4 is 9.16 Å². The lowest BCUT2D eigenvalue weighted by atomic mass is 10.0. The van der Waals surface area contributed by atoms with Crippen molar-refractivity contribution in [3.63, 3.8) is 0 Å². The van der Waals surface area contributed by atoms with Gasteiger partial charge >= 0.3 is 5.97 Å². The number of hydrogen-bond donors (Lipinski definition) is 1. The number of amides is 1. The molecule has 0 bridgehead atoms. The van der Waals surface area contributed by atoms with Gasteiger partial charge in [-0.15, -0.1) is 0 Å². The molecule has 0 aromatic heterocycles. The van der Waals surface area contributed by atoms with Gasteiger partial charge in [0.1, 0.15) is 11.6 Å². The van der Waals surface area contributed by atoms with Gasteiger partial charge in [0, 0.05) is 18.2 Å². The molecule has 0 saturated heterocycles. The van der Waals surface area contributed by atoms with Crippen LogP contribution in [0, 0.1) is 5.82 Å². The predicted molar refractivity (Wildman–Crippen MR) is 107 cm³/mol. The minimum absolute atomic E-state index is 0.128. The zero-order chi connectivity index (χ0) is 20.5. The van der Waals surface area contributed by atoms with Crippen molar-refractivity contribution in [2.75, 3.05) is 11.0 Å². The molecule has 0 saturated carbocycles. The summed E-state index contributed by atoms with van der Waals surface area (Å²) in [5.41, 5.74) is 2.02. The molecular weight excluding hydrogens is 397 g/mol. The van der Waals surface area contributed by atoms with Crippen LogP contribution >= 0.6 is 11.8 Å². The molecule has 146 valence electrons. The lowest BCUT2D eigenvalue weighted by Crippen LogP contribution is -2.24. The van der Waals surface area contributed by atoms with Crippen LogP contribution in [0.15, 0.2) is 60.7 Å². The summed E-state index contributed by atoms with van der Waals surface area (Å²) < 4.78 is 20.9. The number of nitrogens with zero attached hydrogens (tertiary/aromatic N) is 1. The van der Waals surface area contributed by atoms with E-state index in [4.69, 9.17) is 16.5 Å². The first-order valence-electron chi connectivity index (χ1n) is 8.84. The van der Waals surface area contributed by atoms with Gasteiger partial charge in [-0.3, -0.25) is 4.79 Å². The average molecular weight is 412 g/mol.